The molecule has 4 unspecified atom stereocenters. The molecular weight excluding hydrogens is 150 g/mol. The Labute approximate surface area is 75.7 Å². The smallest absolute Gasteiger partial charge is 0.0704 e. The van der Waals surface area contributed by atoms with Gasteiger partial charge in [0.1, 0.15) is 0 Å². The van der Waals surface area contributed by atoms with Crippen molar-refractivity contribution in [1.82, 2.24) is 5.32 Å². The lowest BCUT2D eigenvalue weighted by molar-refractivity contribution is 0.0596. The van der Waals surface area contributed by atoms with Gasteiger partial charge < -0.3 is 10.1 Å². The molecule has 1 N–H and O–H groups in total. The molecule has 0 aromatic heterocycles. The van der Waals surface area contributed by atoms with E-state index >= 15 is 0 Å². The molecule has 0 spiro atoms. The van der Waals surface area contributed by atoms with Gasteiger partial charge in [-0.1, -0.05) is 6.92 Å². The number of hydrogen-bond acceptors (Lipinski definition) is 2. The van der Waals surface area contributed by atoms with E-state index in [0.29, 0.717) is 24.3 Å². The average Bonchev–Trinajstić information content (AvgIpc) is 2.30. The van der Waals surface area contributed by atoms with Gasteiger partial charge in [-0.2, -0.15) is 0 Å². The molecule has 72 valence electrons. The highest BCUT2D eigenvalue weighted by Gasteiger charge is 2.29. The molecule has 1 aliphatic heterocycles. The topological polar surface area (TPSA) is 21.3 Å². The van der Waals surface area contributed by atoms with E-state index in [-0.39, 0.29) is 0 Å². The van der Waals surface area contributed by atoms with Gasteiger partial charge in [-0.25, -0.2) is 0 Å². The summed E-state index contributed by atoms with van der Waals surface area (Å²) in [7, 11) is 0. The van der Waals surface area contributed by atoms with Crippen LogP contribution >= 0.6 is 0 Å². The fourth-order valence-electron chi connectivity index (χ4n) is 1.75. The Hall–Kier alpha value is -0.0800. The van der Waals surface area contributed by atoms with E-state index in [0.717, 1.165) is 6.42 Å². The predicted octanol–water partition coefficient (Wildman–Crippen LogP) is 1.94. The summed E-state index contributed by atoms with van der Waals surface area (Å²) in [5, 5.41) is 3.58. The molecule has 4 atom stereocenters. The zero-order valence-corrected chi connectivity index (χ0v) is 8.63. The molecule has 1 aliphatic rings. The summed E-state index contributed by atoms with van der Waals surface area (Å²) in [6.07, 6.45) is 3.17. The second kappa shape index (κ2) is 4.24. The molecule has 0 aromatic carbocycles. The van der Waals surface area contributed by atoms with Gasteiger partial charge in [0.15, 0.2) is 0 Å². The van der Waals surface area contributed by atoms with E-state index in [2.05, 4.69) is 33.0 Å². The highest BCUT2D eigenvalue weighted by atomic mass is 16.5. The number of ether oxygens (including phenoxy) is 1. The maximum absolute atomic E-state index is 5.66. The summed E-state index contributed by atoms with van der Waals surface area (Å²) in [5.74, 6) is 0. The molecule has 1 rings (SSSR count). The standard InChI is InChI=1S/C10H21NO/c1-5-7(2)11-10-6-8(3)12-9(10)4/h7-11H,5-6H2,1-4H3. The van der Waals surface area contributed by atoms with E-state index in [4.69, 9.17) is 4.74 Å². The van der Waals surface area contributed by atoms with Crippen LogP contribution in [-0.2, 0) is 4.74 Å². The molecule has 1 fully saturated rings. The highest BCUT2D eigenvalue weighted by Crippen LogP contribution is 2.20. The first kappa shape index (κ1) is 10.0. The molecule has 0 aliphatic carbocycles. The van der Waals surface area contributed by atoms with Crippen LogP contribution in [0.2, 0.25) is 0 Å². The van der Waals surface area contributed by atoms with Crippen molar-refractivity contribution >= 4 is 0 Å². The fraction of sp³-hybridized carbons (Fsp3) is 1.00. The Morgan fingerprint density at radius 1 is 1.50 bits per heavy atom. The van der Waals surface area contributed by atoms with Crippen LogP contribution in [0.3, 0.4) is 0 Å². The van der Waals surface area contributed by atoms with Crippen LogP contribution in [-0.4, -0.2) is 24.3 Å². The SMILES string of the molecule is CCC(C)NC1CC(C)OC1C. The Balaban J connectivity index is 2.32. The van der Waals surface area contributed by atoms with E-state index in [1.165, 1.54) is 6.42 Å². The van der Waals surface area contributed by atoms with Crippen molar-refractivity contribution in [3.8, 4) is 0 Å². The lowest BCUT2D eigenvalue weighted by atomic mass is 10.1. The molecular formula is C10H21NO. The van der Waals surface area contributed by atoms with E-state index in [9.17, 15) is 0 Å². The molecule has 0 radical (unpaired) electrons. The predicted molar refractivity (Wildman–Crippen MR) is 51.3 cm³/mol. The molecule has 0 aromatic rings. The third-order valence-electron chi connectivity index (χ3n) is 2.71. The Bertz CT molecular complexity index is 138. The first-order valence-electron chi connectivity index (χ1n) is 5.05. The largest absolute Gasteiger partial charge is 0.374 e. The van der Waals surface area contributed by atoms with Gasteiger partial charge in [-0.05, 0) is 33.6 Å². The summed E-state index contributed by atoms with van der Waals surface area (Å²) in [6.45, 7) is 8.75. The van der Waals surface area contributed by atoms with E-state index in [1.54, 1.807) is 0 Å². The number of rotatable bonds is 3. The first-order valence-corrected chi connectivity index (χ1v) is 5.05. The van der Waals surface area contributed by atoms with Gasteiger partial charge in [-0.3, -0.25) is 0 Å². The number of nitrogens with one attached hydrogen (secondary N) is 1. The Morgan fingerprint density at radius 3 is 2.58 bits per heavy atom. The average molecular weight is 171 g/mol. The minimum atomic E-state index is 0.383. The van der Waals surface area contributed by atoms with Crippen LogP contribution in [0.15, 0.2) is 0 Å². The van der Waals surface area contributed by atoms with Gasteiger partial charge in [-0.15, -0.1) is 0 Å². The lowest BCUT2D eigenvalue weighted by Gasteiger charge is -2.20. The van der Waals surface area contributed by atoms with Crippen molar-refractivity contribution in [1.29, 1.82) is 0 Å². The summed E-state index contributed by atoms with van der Waals surface area (Å²) in [4.78, 5) is 0. The van der Waals surface area contributed by atoms with Crippen molar-refractivity contribution in [2.24, 2.45) is 0 Å². The summed E-state index contributed by atoms with van der Waals surface area (Å²) >= 11 is 0. The molecule has 12 heavy (non-hydrogen) atoms. The zero-order valence-electron chi connectivity index (χ0n) is 8.63. The third kappa shape index (κ3) is 2.46. The van der Waals surface area contributed by atoms with E-state index < -0.39 is 0 Å². The Morgan fingerprint density at radius 2 is 2.17 bits per heavy atom. The second-order valence-electron chi connectivity index (χ2n) is 3.97. The van der Waals surface area contributed by atoms with Crippen molar-refractivity contribution < 1.29 is 4.74 Å². The van der Waals surface area contributed by atoms with Gasteiger partial charge in [0.25, 0.3) is 0 Å². The molecule has 0 saturated carbocycles. The van der Waals surface area contributed by atoms with Crippen LogP contribution in [0, 0.1) is 0 Å². The van der Waals surface area contributed by atoms with Crippen LogP contribution in [0.1, 0.15) is 40.5 Å². The zero-order chi connectivity index (χ0) is 9.14. The van der Waals surface area contributed by atoms with Gasteiger partial charge in [0.2, 0.25) is 0 Å². The van der Waals surface area contributed by atoms with Crippen molar-refractivity contribution in [2.45, 2.75) is 64.8 Å². The molecule has 0 amide bonds. The fourth-order valence-corrected chi connectivity index (χ4v) is 1.75. The normalized spacial score (nSPS) is 38.5. The second-order valence-corrected chi connectivity index (χ2v) is 3.97. The molecule has 1 heterocycles. The quantitative estimate of drug-likeness (QED) is 0.700. The maximum Gasteiger partial charge on any atom is 0.0704 e. The van der Waals surface area contributed by atoms with Crippen LogP contribution < -0.4 is 5.32 Å². The van der Waals surface area contributed by atoms with Crippen molar-refractivity contribution in [3.63, 3.8) is 0 Å². The lowest BCUT2D eigenvalue weighted by Crippen LogP contribution is -2.40. The van der Waals surface area contributed by atoms with Gasteiger partial charge >= 0.3 is 0 Å². The summed E-state index contributed by atoms with van der Waals surface area (Å²) < 4.78 is 5.66. The van der Waals surface area contributed by atoms with Gasteiger partial charge in [0, 0.05) is 12.1 Å². The summed E-state index contributed by atoms with van der Waals surface area (Å²) in [5.41, 5.74) is 0. The molecule has 0 bridgehead atoms. The van der Waals surface area contributed by atoms with Crippen molar-refractivity contribution in [2.75, 3.05) is 0 Å². The van der Waals surface area contributed by atoms with Crippen LogP contribution in [0.25, 0.3) is 0 Å². The molecule has 2 nitrogen and oxygen atoms in total. The maximum atomic E-state index is 5.66. The minimum absolute atomic E-state index is 0.383. The third-order valence-corrected chi connectivity index (χ3v) is 2.71. The van der Waals surface area contributed by atoms with Crippen LogP contribution in [0.5, 0.6) is 0 Å². The number of hydrogen-bond donors (Lipinski definition) is 1. The van der Waals surface area contributed by atoms with E-state index in [1.807, 2.05) is 0 Å². The monoisotopic (exact) mass is 171 g/mol. The first-order chi connectivity index (χ1) is 5.63. The van der Waals surface area contributed by atoms with Crippen LogP contribution in [0.4, 0.5) is 0 Å². The molecule has 1 saturated heterocycles. The van der Waals surface area contributed by atoms with Gasteiger partial charge in [0.05, 0.1) is 12.2 Å². The summed E-state index contributed by atoms with van der Waals surface area (Å²) in [6, 6.07) is 1.18. The highest BCUT2D eigenvalue weighted by molar-refractivity contribution is 4.84. The van der Waals surface area contributed by atoms with Crippen molar-refractivity contribution in [3.05, 3.63) is 0 Å². The minimum Gasteiger partial charge on any atom is -0.374 e. The molecule has 2 heteroatoms. The Kier molecular flexibility index (Phi) is 3.53.